The first-order chi connectivity index (χ1) is 7.45. The van der Waals surface area contributed by atoms with Gasteiger partial charge in [-0.15, -0.1) is 0 Å². The van der Waals surface area contributed by atoms with Crippen LogP contribution in [0.15, 0.2) is 12.1 Å². The van der Waals surface area contributed by atoms with Crippen molar-refractivity contribution in [3.8, 4) is 11.5 Å². The fourth-order valence-corrected chi connectivity index (χ4v) is 2.56. The van der Waals surface area contributed by atoms with Gasteiger partial charge < -0.3 is 10.2 Å². The van der Waals surface area contributed by atoms with Crippen molar-refractivity contribution in [3.63, 3.8) is 0 Å². The van der Waals surface area contributed by atoms with Crippen LogP contribution < -0.4 is 0 Å². The average molecular weight is 350 g/mol. The summed E-state index contributed by atoms with van der Waals surface area (Å²) in [5.74, 6) is -1.44. The molecule has 2 N–H and O–H groups in total. The average Bonchev–Trinajstić information content (AvgIpc) is 2.26. The van der Waals surface area contributed by atoms with Crippen LogP contribution >= 0.6 is 31.9 Å². The topological polar surface area (TPSA) is 74.6 Å². The van der Waals surface area contributed by atoms with E-state index in [9.17, 15) is 19.8 Å². The molecule has 0 aliphatic heterocycles. The molecule has 2 rings (SSSR count). The van der Waals surface area contributed by atoms with E-state index in [1.165, 1.54) is 12.1 Å². The Morgan fingerprint density at radius 2 is 1.19 bits per heavy atom. The standard InChI is InChI=1S/C10H6Br2O4/c11-7-8(12)10(16)6-4(14)2-1-3(13)5(6)9(7)15/h1-2,7-8,13-14H. The quantitative estimate of drug-likeness (QED) is 0.555. The summed E-state index contributed by atoms with van der Waals surface area (Å²) in [6, 6.07) is 2.38. The Kier molecular flexibility index (Phi) is 2.79. The Morgan fingerprint density at radius 1 is 0.875 bits per heavy atom. The van der Waals surface area contributed by atoms with Gasteiger partial charge in [0.1, 0.15) is 11.5 Å². The van der Waals surface area contributed by atoms with Crippen LogP contribution in [0.3, 0.4) is 0 Å². The van der Waals surface area contributed by atoms with Crippen molar-refractivity contribution in [3.05, 3.63) is 23.3 Å². The van der Waals surface area contributed by atoms with Gasteiger partial charge >= 0.3 is 0 Å². The van der Waals surface area contributed by atoms with Crippen LogP contribution in [0.4, 0.5) is 0 Å². The van der Waals surface area contributed by atoms with Gasteiger partial charge in [-0.25, -0.2) is 0 Å². The monoisotopic (exact) mass is 348 g/mol. The molecule has 0 spiro atoms. The van der Waals surface area contributed by atoms with Crippen molar-refractivity contribution in [2.45, 2.75) is 9.65 Å². The number of benzene rings is 1. The third kappa shape index (κ3) is 1.48. The van der Waals surface area contributed by atoms with E-state index in [-0.39, 0.29) is 22.6 Å². The van der Waals surface area contributed by atoms with E-state index in [1.807, 2.05) is 0 Å². The van der Waals surface area contributed by atoms with E-state index in [1.54, 1.807) is 0 Å². The van der Waals surface area contributed by atoms with Crippen LogP contribution in [0.25, 0.3) is 0 Å². The van der Waals surface area contributed by atoms with Crippen LogP contribution in [0.1, 0.15) is 20.7 Å². The molecule has 1 aromatic carbocycles. The van der Waals surface area contributed by atoms with Gasteiger partial charge in [-0.2, -0.15) is 0 Å². The number of carbonyl (C=O) groups excluding carboxylic acids is 2. The molecule has 0 fully saturated rings. The predicted octanol–water partition coefficient (Wildman–Crippen LogP) is 2.00. The molecule has 16 heavy (non-hydrogen) atoms. The summed E-state index contributed by atoms with van der Waals surface area (Å²) >= 11 is 6.16. The minimum Gasteiger partial charge on any atom is -0.507 e. The lowest BCUT2D eigenvalue weighted by Gasteiger charge is -2.24. The van der Waals surface area contributed by atoms with E-state index in [0.29, 0.717) is 0 Å². The second-order valence-electron chi connectivity index (χ2n) is 3.39. The van der Waals surface area contributed by atoms with Crippen LogP contribution in [-0.4, -0.2) is 31.4 Å². The van der Waals surface area contributed by atoms with Gasteiger partial charge in [0.25, 0.3) is 0 Å². The summed E-state index contributed by atoms with van der Waals surface area (Å²) in [6.45, 7) is 0. The fourth-order valence-electron chi connectivity index (χ4n) is 1.62. The van der Waals surface area contributed by atoms with Gasteiger partial charge in [0.2, 0.25) is 0 Å². The van der Waals surface area contributed by atoms with Gasteiger partial charge in [0, 0.05) is 0 Å². The molecule has 0 radical (unpaired) electrons. The molecule has 2 atom stereocenters. The maximum atomic E-state index is 11.8. The first-order valence-electron chi connectivity index (χ1n) is 4.36. The molecule has 1 aliphatic rings. The fraction of sp³-hybridized carbons (Fsp3) is 0.200. The molecule has 2 unspecified atom stereocenters. The maximum Gasteiger partial charge on any atom is 0.182 e. The van der Waals surface area contributed by atoms with Crippen LogP contribution in [-0.2, 0) is 0 Å². The number of Topliss-reactive ketones (excluding diaryl/α,β-unsaturated/α-hetero) is 2. The van der Waals surface area contributed by atoms with Gasteiger partial charge in [-0.05, 0) is 12.1 Å². The molecule has 0 saturated carbocycles. The number of hydrogen-bond acceptors (Lipinski definition) is 4. The van der Waals surface area contributed by atoms with E-state index < -0.39 is 21.2 Å². The highest BCUT2D eigenvalue weighted by Crippen LogP contribution is 2.38. The van der Waals surface area contributed by atoms with Crippen molar-refractivity contribution >= 4 is 43.4 Å². The van der Waals surface area contributed by atoms with Gasteiger partial charge in [-0.3, -0.25) is 9.59 Å². The van der Waals surface area contributed by atoms with Crippen LogP contribution in [0, 0.1) is 0 Å². The first-order valence-corrected chi connectivity index (χ1v) is 6.19. The molecular weight excluding hydrogens is 344 g/mol. The summed E-state index contributed by atoms with van der Waals surface area (Å²) < 4.78 is 0. The Bertz CT molecular complexity index is 453. The lowest BCUT2D eigenvalue weighted by Crippen LogP contribution is -2.37. The molecular formula is C10H6Br2O4. The number of alkyl halides is 2. The summed E-state index contributed by atoms with van der Waals surface area (Å²) in [7, 11) is 0. The van der Waals surface area contributed by atoms with Crippen LogP contribution in [0.5, 0.6) is 11.5 Å². The normalized spacial score (nSPS) is 24.4. The summed E-state index contributed by atoms with van der Waals surface area (Å²) in [5.41, 5.74) is -0.245. The van der Waals surface area contributed by atoms with Crippen molar-refractivity contribution < 1.29 is 19.8 Å². The molecule has 84 valence electrons. The molecule has 6 heteroatoms. The number of phenolic OH excluding ortho intramolecular Hbond substituents is 2. The maximum absolute atomic E-state index is 11.8. The number of carbonyl (C=O) groups is 2. The minimum atomic E-state index is -0.736. The molecule has 1 aromatic rings. The SMILES string of the molecule is O=C1c2c(O)ccc(O)c2C(=O)C(Br)C1Br. The van der Waals surface area contributed by atoms with Crippen molar-refractivity contribution in [2.24, 2.45) is 0 Å². The summed E-state index contributed by atoms with van der Waals surface area (Å²) in [5, 5.41) is 19.1. The van der Waals surface area contributed by atoms with Gasteiger partial charge in [0.05, 0.1) is 20.8 Å². The predicted molar refractivity (Wildman–Crippen MR) is 63.9 cm³/mol. The number of rotatable bonds is 0. The summed E-state index contributed by atoms with van der Waals surface area (Å²) in [4.78, 5) is 22.2. The molecule has 0 amide bonds. The van der Waals surface area contributed by atoms with Crippen molar-refractivity contribution in [2.75, 3.05) is 0 Å². The lowest BCUT2D eigenvalue weighted by molar-refractivity contribution is 0.0902. The third-order valence-electron chi connectivity index (χ3n) is 2.41. The minimum absolute atomic E-state index is 0.123. The van der Waals surface area contributed by atoms with Gasteiger partial charge in [-0.1, -0.05) is 31.9 Å². The van der Waals surface area contributed by atoms with E-state index in [2.05, 4.69) is 31.9 Å². The zero-order chi connectivity index (χ0) is 12.0. The Hall–Kier alpha value is -0.880. The van der Waals surface area contributed by atoms with E-state index in [0.717, 1.165) is 0 Å². The van der Waals surface area contributed by atoms with E-state index >= 15 is 0 Å². The highest BCUT2D eigenvalue weighted by atomic mass is 79.9. The number of aromatic hydroxyl groups is 2. The number of hydrogen-bond donors (Lipinski definition) is 2. The smallest absolute Gasteiger partial charge is 0.182 e. The highest BCUT2D eigenvalue weighted by Gasteiger charge is 2.41. The molecule has 4 nitrogen and oxygen atoms in total. The molecule has 0 aromatic heterocycles. The van der Waals surface area contributed by atoms with Crippen molar-refractivity contribution in [1.29, 1.82) is 0 Å². The highest BCUT2D eigenvalue weighted by molar-refractivity contribution is 9.12. The lowest BCUT2D eigenvalue weighted by atomic mass is 9.88. The zero-order valence-electron chi connectivity index (χ0n) is 7.78. The zero-order valence-corrected chi connectivity index (χ0v) is 10.9. The van der Waals surface area contributed by atoms with E-state index in [4.69, 9.17) is 0 Å². The first kappa shape index (κ1) is 11.6. The number of ketones is 2. The van der Waals surface area contributed by atoms with Gasteiger partial charge in [0.15, 0.2) is 11.6 Å². The number of halogens is 2. The number of phenols is 2. The molecule has 0 saturated heterocycles. The molecule has 0 heterocycles. The van der Waals surface area contributed by atoms with Crippen LogP contribution in [0.2, 0.25) is 0 Å². The second kappa shape index (κ2) is 3.85. The third-order valence-corrected chi connectivity index (χ3v) is 5.01. The molecule has 0 bridgehead atoms. The largest absolute Gasteiger partial charge is 0.507 e. The van der Waals surface area contributed by atoms with Crippen molar-refractivity contribution in [1.82, 2.24) is 0 Å². The Morgan fingerprint density at radius 3 is 1.50 bits per heavy atom. The Balaban J connectivity index is 2.77. The summed E-state index contributed by atoms with van der Waals surface area (Å²) in [6.07, 6.45) is 0. The Labute approximate surface area is 108 Å². The molecule has 1 aliphatic carbocycles. The second-order valence-corrected chi connectivity index (χ2v) is 5.36. The number of fused-ring (bicyclic) bond motifs is 1.